The molecule has 0 aliphatic heterocycles. The molecule has 4 heteroatoms. The fourth-order valence-electron chi connectivity index (χ4n) is 4.15. The van der Waals surface area contributed by atoms with E-state index < -0.39 is 0 Å². The van der Waals surface area contributed by atoms with Crippen LogP contribution in [0.2, 0.25) is 0 Å². The molecule has 4 nitrogen and oxygen atoms in total. The summed E-state index contributed by atoms with van der Waals surface area (Å²) in [7, 11) is 0. The first-order chi connectivity index (χ1) is 14.3. The molecule has 1 aromatic heterocycles. The predicted molar refractivity (Wildman–Crippen MR) is 118 cm³/mol. The van der Waals surface area contributed by atoms with E-state index in [4.69, 9.17) is 0 Å². The number of carbonyl (C=O) groups excluding carboxylic acids is 1. The Kier molecular flexibility index (Phi) is 4.60. The second-order valence-electron chi connectivity index (χ2n) is 7.73. The third-order valence-electron chi connectivity index (χ3n) is 5.77. The fourth-order valence-corrected chi connectivity index (χ4v) is 4.15. The topological polar surface area (TPSA) is 57.8 Å². The third kappa shape index (κ3) is 3.66. The van der Waals surface area contributed by atoms with Crippen molar-refractivity contribution in [3.63, 3.8) is 0 Å². The molecule has 3 aromatic carbocycles. The largest absolute Gasteiger partial charge is 0.326 e. The maximum atomic E-state index is 12.6. The molecule has 1 aliphatic rings. The van der Waals surface area contributed by atoms with Gasteiger partial charge < -0.3 is 10.3 Å². The molecule has 4 aromatic rings. The fraction of sp³-hybridized carbons (Fsp3) is 0.200. The number of hydrogen-bond acceptors (Lipinski definition) is 3. The lowest BCUT2D eigenvalue weighted by molar-refractivity contribution is 0.0923. The number of aromatic nitrogens is 2. The van der Waals surface area contributed by atoms with Crippen LogP contribution in [-0.2, 0) is 0 Å². The van der Waals surface area contributed by atoms with Crippen LogP contribution in [-0.4, -0.2) is 15.8 Å². The van der Waals surface area contributed by atoms with Crippen molar-refractivity contribution in [2.24, 2.45) is 5.92 Å². The molecule has 0 saturated heterocycles. The van der Waals surface area contributed by atoms with Crippen LogP contribution in [0.4, 0.5) is 11.6 Å². The van der Waals surface area contributed by atoms with Crippen molar-refractivity contribution in [2.75, 3.05) is 5.32 Å². The van der Waals surface area contributed by atoms with E-state index >= 15 is 0 Å². The van der Waals surface area contributed by atoms with Gasteiger partial charge in [-0.15, -0.1) is 0 Å². The molecule has 0 radical (unpaired) electrons. The minimum absolute atomic E-state index is 0.226. The van der Waals surface area contributed by atoms with Gasteiger partial charge in [-0.05, 0) is 48.2 Å². The number of carbonyl (C=O) groups is 1. The molecule has 29 heavy (non-hydrogen) atoms. The van der Waals surface area contributed by atoms with Gasteiger partial charge in [-0.3, -0.25) is 4.79 Å². The summed E-state index contributed by atoms with van der Waals surface area (Å²) in [5, 5.41) is 3.32. The quantitative estimate of drug-likeness (QED) is 0.396. The predicted octanol–water partition coefficient (Wildman–Crippen LogP) is 6.35. The Morgan fingerprint density at radius 3 is 2.21 bits per heavy atom. The van der Waals surface area contributed by atoms with Gasteiger partial charge in [0.15, 0.2) is 5.78 Å². The molecule has 2 N–H and O–H groups in total. The van der Waals surface area contributed by atoms with Crippen LogP contribution < -0.4 is 5.32 Å². The van der Waals surface area contributed by atoms with Crippen LogP contribution in [0.5, 0.6) is 0 Å². The number of anilines is 2. The number of Topliss-reactive ketones (excluding diaryl/α,β-unsaturated/α-hetero) is 1. The molecule has 1 saturated carbocycles. The maximum Gasteiger partial charge on any atom is 0.205 e. The molecular weight excluding hydrogens is 358 g/mol. The molecule has 0 amide bonds. The van der Waals surface area contributed by atoms with Crippen molar-refractivity contribution in [1.82, 2.24) is 9.97 Å². The van der Waals surface area contributed by atoms with Crippen LogP contribution in [0.1, 0.15) is 36.0 Å². The number of fused-ring (bicyclic) bond motifs is 1. The summed E-state index contributed by atoms with van der Waals surface area (Å²) >= 11 is 0. The summed E-state index contributed by atoms with van der Waals surface area (Å²) in [4.78, 5) is 20.4. The molecule has 1 fully saturated rings. The second kappa shape index (κ2) is 7.55. The molecule has 1 aliphatic carbocycles. The first kappa shape index (κ1) is 17.7. The Labute approximate surface area is 170 Å². The lowest BCUT2D eigenvalue weighted by atomic mass is 9.94. The van der Waals surface area contributed by atoms with Gasteiger partial charge in [0.25, 0.3) is 0 Å². The normalized spacial score (nSPS) is 14.3. The monoisotopic (exact) mass is 381 g/mol. The van der Waals surface area contributed by atoms with Crippen LogP contribution >= 0.6 is 0 Å². The van der Waals surface area contributed by atoms with E-state index in [1.54, 1.807) is 0 Å². The Morgan fingerprint density at radius 1 is 0.862 bits per heavy atom. The van der Waals surface area contributed by atoms with Gasteiger partial charge in [-0.1, -0.05) is 61.4 Å². The average molecular weight is 381 g/mol. The number of benzene rings is 3. The van der Waals surface area contributed by atoms with Crippen LogP contribution in [0.25, 0.3) is 22.2 Å². The molecule has 1 heterocycles. The van der Waals surface area contributed by atoms with Gasteiger partial charge in [0.1, 0.15) is 0 Å². The van der Waals surface area contributed by atoms with Crippen LogP contribution in [0, 0.1) is 5.92 Å². The number of H-pyrrole nitrogens is 1. The number of nitrogens with one attached hydrogen (secondary N) is 2. The van der Waals surface area contributed by atoms with E-state index in [1.165, 1.54) is 12.8 Å². The number of nitrogens with zero attached hydrogens (tertiary/aromatic N) is 1. The Balaban J connectivity index is 1.30. The SMILES string of the molecule is O=C(c1ccc(-c2ccc(Nc3nc4ccccc4[nH]3)cc2)cc1)C1CCCC1. The van der Waals surface area contributed by atoms with Crippen molar-refractivity contribution >= 4 is 28.5 Å². The summed E-state index contributed by atoms with van der Waals surface area (Å²) in [5.41, 5.74) is 6.01. The van der Waals surface area contributed by atoms with Crippen LogP contribution in [0.15, 0.2) is 72.8 Å². The summed E-state index contributed by atoms with van der Waals surface area (Å²) in [5.74, 6) is 1.26. The zero-order chi connectivity index (χ0) is 19.6. The van der Waals surface area contributed by atoms with Crippen LogP contribution in [0.3, 0.4) is 0 Å². The van der Waals surface area contributed by atoms with Crippen molar-refractivity contribution in [3.8, 4) is 11.1 Å². The van der Waals surface area contributed by atoms with E-state index in [0.717, 1.165) is 52.2 Å². The number of aromatic amines is 1. The Hall–Kier alpha value is -3.40. The summed E-state index contributed by atoms with van der Waals surface area (Å²) in [6, 6.07) is 24.2. The molecule has 0 spiro atoms. The van der Waals surface area contributed by atoms with Crippen molar-refractivity contribution in [3.05, 3.63) is 78.4 Å². The highest BCUT2D eigenvalue weighted by Gasteiger charge is 2.23. The van der Waals surface area contributed by atoms with E-state index in [9.17, 15) is 4.79 Å². The molecule has 144 valence electrons. The zero-order valence-electron chi connectivity index (χ0n) is 16.2. The molecule has 0 bridgehead atoms. The van der Waals surface area contributed by atoms with E-state index in [-0.39, 0.29) is 5.92 Å². The number of imidazole rings is 1. The minimum Gasteiger partial charge on any atom is -0.326 e. The summed E-state index contributed by atoms with van der Waals surface area (Å²) in [6.45, 7) is 0. The molecule has 0 atom stereocenters. The first-order valence-electron chi connectivity index (χ1n) is 10.2. The number of hydrogen-bond donors (Lipinski definition) is 2. The van der Waals surface area contributed by atoms with Crippen molar-refractivity contribution < 1.29 is 4.79 Å². The highest BCUT2D eigenvalue weighted by Crippen LogP contribution is 2.29. The highest BCUT2D eigenvalue weighted by atomic mass is 16.1. The summed E-state index contributed by atoms with van der Waals surface area (Å²) < 4.78 is 0. The smallest absolute Gasteiger partial charge is 0.205 e. The van der Waals surface area contributed by atoms with Gasteiger partial charge in [-0.25, -0.2) is 4.98 Å². The Morgan fingerprint density at radius 2 is 1.52 bits per heavy atom. The number of ketones is 1. The lowest BCUT2D eigenvalue weighted by Crippen LogP contribution is -2.10. The second-order valence-corrected chi connectivity index (χ2v) is 7.73. The standard InChI is InChI=1S/C25H23N3O/c29-24(19-5-1-2-6-19)20-11-9-17(10-12-20)18-13-15-21(16-14-18)26-25-27-22-7-3-4-8-23(22)28-25/h3-4,7-16,19H,1-2,5-6H2,(H2,26,27,28). The van der Waals surface area contributed by atoms with Gasteiger partial charge in [-0.2, -0.15) is 0 Å². The Bertz CT molecular complexity index is 1100. The third-order valence-corrected chi connectivity index (χ3v) is 5.77. The summed E-state index contributed by atoms with van der Waals surface area (Å²) in [6.07, 6.45) is 4.45. The van der Waals surface area contributed by atoms with Gasteiger partial charge in [0.2, 0.25) is 5.95 Å². The lowest BCUT2D eigenvalue weighted by Gasteiger charge is -2.09. The molecule has 0 unspecified atom stereocenters. The average Bonchev–Trinajstić information content (AvgIpc) is 3.43. The van der Waals surface area contributed by atoms with Crippen molar-refractivity contribution in [2.45, 2.75) is 25.7 Å². The van der Waals surface area contributed by atoms with E-state index in [1.807, 2.05) is 60.7 Å². The highest BCUT2D eigenvalue weighted by molar-refractivity contribution is 5.98. The van der Waals surface area contributed by atoms with Gasteiger partial charge >= 0.3 is 0 Å². The maximum absolute atomic E-state index is 12.6. The number of rotatable bonds is 5. The van der Waals surface area contributed by atoms with Gasteiger partial charge in [0, 0.05) is 17.2 Å². The molecule has 5 rings (SSSR count). The number of para-hydroxylation sites is 2. The first-order valence-corrected chi connectivity index (χ1v) is 10.2. The zero-order valence-corrected chi connectivity index (χ0v) is 16.2. The van der Waals surface area contributed by atoms with Gasteiger partial charge in [0.05, 0.1) is 11.0 Å². The molecular formula is C25H23N3O. The van der Waals surface area contributed by atoms with Crippen molar-refractivity contribution in [1.29, 1.82) is 0 Å². The minimum atomic E-state index is 0.226. The van der Waals surface area contributed by atoms with E-state index in [2.05, 4.69) is 27.4 Å². The van der Waals surface area contributed by atoms with E-state index in [0.29, 0.717) is 5.78 Å².